The molecule has 1 aliphatic heterocycles. The third kappa shape index (κ3) is 4.95. The second-order valence-corrected chi connectivity index (χ2v) is 5.99. The third-order valence-corrected chi connectivity index (χ3v) is 4.22. The van der Waals surface area contributed by atoms with Crippen molar-refractivity contribution < 1.29 is 19.3 Å². The van der Waals surface area contributed by atoms with Gasteiger partial charge in [-0.2, -0.15) is 0 Å². The predicted molar refractivity (Wildman–Crippen MR) is 96.7 cm³/mol. The van der Waals surface area contributed by atoms with Crippen LogP contribution in [0.2, 0.25) is 0 Å². The van der Waals surface area contributed by atoms with E-state index in [4.69, 9.17) is 4.74 Å². The van der Waals surface area contributed by atoms with Crippen molar-refractivity contribution in [3.8, 4) is 5.75 Å². The van der Waals surface area contributed by atoms with E-state index in [-0.39, 0.29) is 25.0 Å². The van der Waals surface area contributed by atoms with E-state index in [1.165, 1.54) is 0 Å². The maximum Gasteiger partial charge on any atom is 0.274 e. The Hall–Kier alpha value is -3.09. The number of carbonyl (C=O) groups excluding carboxylic acids is 2. The van der Waals surface area contributed by atoms with Crippen LogP contribution in [0.3, 0.4) is 0 Å². The highest BCUT2D eigenvalue weighted by atomic mass is 16.5. The first-order valence-corrected chi connectivity index (χ1v) is 8.66. The zero-order valence-electron chi connectivity index (χ0n) is 14.6. The SMILES string of the molecule is O=C(COc1ccccc1)NCC(=O)N1CCN(c2cccc[nH+]2)CC1. The molecule has 7 nitrogen and oxygen atoms in total. The number of hydrogen-bond donors (Lipinski definition) is 1. The van der Waals surface area contributed by atoms with Gasteiger partial charge in [0, 0.05) is 6.07 Å². The molecule has 1 aromatic heterocycles. The fourth-order valence-electron chi connectivity index (χ4n) is 2.78. The van der Waals surface area contributed by atoms with Gasteiger partial charge in [0.15, 0.2) is 6.61 Å². The molecule has 2 heterocycles. The molecule has 0 aliphatic carbocycles. The van der Waals surface area contributed by atoms with Crippen molar-refractivity contribution in [3.05, 3.63) is 54.7 Å². The molecule has 1 saturated heterocycles. The summed E-state index contributed by atoms with van der Waals surface area (Å²) in [6, 6.07) is 15.0. The van der Waals surface area contributed by atoms with Gasteiger partial charge in [0.25, 0.3) is 11.7 Å². The van der Waals surface area contributed by atoms with E-state index in [1.807, 2.05) is 42.6 Å². The maximum absolute atomic E-state index is 12.3. The fraction of sp³-hybridized carbons (Fsp3) is 0.316. The number of benzene rings is 1. The molecule has 7 heteroatoms. The summed E-state index contributed by atoms with van der Waals surface area (Å²) in [4.78, 5) is 31.3. The van der Waals surface area contributed by atoms with E-state index in [2.05, 4.69) is 15.2 Å². The normalized spacial score (nSPS) is 14.0. The molecule has 0 radical (unpaired) electrons. The monoisotopic (exact) mass is 355 g/mol. The number of anilines is 1. The Morgan fingerprint density at radius 3 is 2.42 bits per heavy atom. The number of nitrogens with one attached hydrogen (secondary N) is 2. The van der Waals surface area contributed by atoms with Crippen molar-refractivity contribution in [2.24, 2.45) is 0 Å². The Bertz CT molecular complexity index is 716. The number of piperazine rings is 1. The summed E-state index contributed by atoms with van der Waals surface area (Å²) in [5, 5.41) is 2.62. The number of para-hydroxylation sites is 1. The summed E-state index contributed by atoms with van der Waals surface area (Å²) in [5.74, 6) is 1.29. The minimum Gasteiger partial charge on any atom is -0.484 e. The Morgan fingerprint density at radius 1 is 1.00 bits per heavy atom. The van der Waals surface area contributed by atoms with Crippen LogP contribution in [0.4, 0.5) is 5.82 Å². The van der Waals surface area contributed by atoms with Crippen LogP contribution in [-0.2, 0) is 9.59 Å². The number of H-pyrrole nitrogens is 1. The molecule has 2 amide bonds. The molecule has 0 unspecified atom stereocenters. The summed E-state index contributed by atoms with van der Waals surface area (Å²) < 4.78 is 5.36. The quantitative estimate of drug-likeness (QED) is 0.811. The Balaban J connectivity index is 1.37. The summed E-state index contributed by atoms with van der Waals surface area (Å²) in [5.41, 5.74) is 0. The number of aromatic amines is 1. The first-order valence-electron chi connectivity index (χ1n) is 8.66. The topological polar surface area (TPSA) is 76.0 Å². The number of amides is 2. The van der Waals surface area contributed by atoms with Gasteiger partial charge in [-0.25, -0.2) is 4.98 Å². The van der Waals surface area contributed by atoms with Crippen molar-refractivity contribution in [1.82, 2.24) is 10.2 Å². The first-order chi connectivity index (χ1) is 12.7. The molecular formula is C19H23N4O3+. The van der Waals surface area contributed by atoms with Gasteiger partial charge in [-0.3, -0.25) is 14.5 Å². The molecule has 1 aromatic carbocycles. The molecule has 136 valence electrons. The van der Waals surface area contributed by atoms with E-state index in [1.54, 1.807) is 17.0 Å². The van der Waals surface area contributed by atoms with Gasteiger partial charge >= 0.3 is 0 Å². The van der Waals surface area contributed by atoms with Crippen molar-refractivity contribution in [3.63, 3.8) is 0 Å². The number of pyridine rings is 1. The zero-order chi connectivity index (χ0) is 18.2. The molecule has 0 spiro atoms. The minimum absolute atomic E-state index is 0.00551. The van der Waals surface area contributed by atoms with E-state index in [0.29, 0.717) is 18.8 Å². The van der Waals surface area contributed by atoms with Crippen LogP contribution in [0.15, 0.2) is 54.7 Å². The highest BCUT2D eigenvalue weighted by molar-refractivity contribution is 5.85. The number of ether oxygens (including phenoxy) is 1. The van der Waals surface area contributed by atoms with Crippen LogP contribution in [0, 0.1) is 0 Å². The lowest BCUT2D eigenvalue weighted by Crippen LogP contribution is -2.52. The fourth-order valence-corrected chi connectivity index (χ4v) is 2.78. The van der Waals surface area contributed by atoms with Crippen LogP contribution in [0.5, 0.6) is 5.75 Å². The van der Waals surface area contributed by atoms with E-state index < -0.39 is 0 Å². The van der Waals surface area contributed by atoms with Gasteiger partial charge in [0.2, 0.25) is 5.91 Å². The van der Waals surface area contributed by atoms with E-state index >= 15 is 0 Å². The number of carbonyl (C=O) groups is 2. The third-order valence-electron chi connectivity index (χ3n) is 4.22. The highest BCUT2D eigenvalue weighted by Gasteiger charge is 2.25. The number of rotatable bonds is 6. The van der Waals surface area contributed by atoms with Gasteiger partial charge in [-0.05, 0) is 18.2 Å². The van der Waals surface area contributed by atoms with Crippen LogP contribution in [-0.4, -0.2) is 56.0 Å². The van der Waals surface area contributed by atoms with Gasteiger partial charge in [-0.15, -0.1) is 0 Å². The number of hydrogen-bond acceptors (Lipinski definition) is 4. The van der Waals surface area contributed by atoms with E-state index in [0.717, 1.165) is 18.9 Å². The molecule has 1 aliphatic rings. The van der Waals surface area contributed by atoms with Crippen LogP contribution >= 0.6 is 0 Å². The molecule has 0 atom stereocenters. The first kappa shape index (κ1) is 17.7. The molecule has 2 N–H and O–H groups in total. The number of nitrogens with zero attached hydrogens (tertiary/aromatic N) is 2. The summed E-state index contributed by atoms with van der Waals surface area (Å²) in [6.07, 6.45) is 1.89. The van der Waals surface area contributed by atoms with Crippen LogP contribution < -0.4 is 19.9 Å². The van der Waals surface area contributed by atoms with Gasteiger partial charge < -0.3 is 15.0 Å². The largest absolute Gasteiger partial charge is 0.484 e. The Labute approximate surface area is 152 Å². The minimum atomic E-state index is -0.306. The standard InChI is InChI=1S/C19H22N4O3/c24-18(15-26-16-6-2-1-3-7-16)21-14-19(25)23-12-10-22(11-13-23)17-8-4-5-9-20-17/h1-9H,10-15H2,(H,21,24)/p+1. The molecule has 1 fully saturated rings. The second-order valence-electron chi connectivity index (χ2n) is 5.99. The molecule has 0 saturated carbocycles. The average Bonchev–Trinajstić information content (AvgIpc) is 2.72. The van der Waals surface area contributed by atoms with Gasteiger partial charge in [0.05, 0.1) is 25.8 Å². The Morgan fingerprint density at radius 2 is 1.73 bits per heavy atom. The lowest BCUT2D eigenvalue weighted by molar-refractivity contribution is -0.364. The van der Waals surface area contributed by atoms with Gasteiger partial charge in [0.1, 0.15) is 18.8 Å². The van der Waals surface area contributed by atoms with Crippen LogP contribution in [0.25, 0.3) is 0 Å². The molecule has 2 aromatic rings. The number of aromatic nitrogens is 1. The lowest BCUT2D eigenvalue weighted by Gasteiger charge is -2.31. The van der Waals surface area contributed by atoms with Gasteiger partial charge in [-0.1, -0.05) is 24.3 Å². The van der Waals surface area contributed by atoms with E-state index in [9.17, 15) is 9.59 Å². The summed E-state index contributed by atoms with van der Waals surface area (Å²) in [7, 11) is 0. The summed E-state index contributed by atoms with van der Waals surface area (Å²) >= 11 is 0. The zero-order valence-corrected chi connectivity index (χ0v) is 14.6. The predicted octanol–water partition coefficient (Wildman–Crippen LogP) is 0.345. The van der Waals surface area contributed by atoms with Crippen LogP contribution in [0.1, 0.15) is 0 Å². The lowest BCUT2D eigenvalue weighted by atomic mass is 10.3. The molecule has 3 rings (SSSR count). The summed E-state index contributed by atoms with van der Waals surface area (Å²) in [6.45, 7) is 2.69. The second kappa shape index (κ2) is 8.84. The van der Waals surface area contributed by atoms with Crippen molar-refractivity contribution in [1.29, 1.82) is 0 Å². The van der Waals surface area contributed by atoms with Crippen molar-refractivity contribution >= 4 is 17.6 Å². The molecular weight excluding hydrogens is 332 g/mol. The van der Waals surface area contributed by atoms with Crippen molar-refractivity contribution in [2.45, 2.75) is 0 Å². The average molecular weight is 355 g/mol. The smallest absolute Gasteiger partial charge is 0.274 e. The highest BCUT2D eigenvalue weighted by Crippen LogP contribution is 2.10. The maximum atomic E-state index is 12.3. The van der Waals surface area contributed by atoms with Crippen molar-refractivity contribution in [2.75, 3.05) is 44.2 Å². The molecule has 0 bridgehead atoms. The molecule has 26 heavy (non-hydrogen) atoms. The Kier molecular flexibility index (Phi) is 6.03.